The summed E-state index contributed by atoms with van der Waals surface area (Å²) in [5.74, 6) is 0.0404. The van der Waals surface area contributed by atoms with Crippen molar-refractivity contribution in [3.63, 3.8) is 0 Å². The number of carbonyl (C=O) groups is 2. The number of aromatic nitrogens is 2. The molecule has 0 saturated carbocycles. The van der Waals surface area contributed by atoms with Crippen molar-refractivity contribution in [2.75, 3.05) is 19.6 Å². The van der Waals surface area contributed by atoms with Crippen LogP contribution in [0.1, 0.15) is 32.9 Å². The molecule has 0 radical (unpaired) electrons. The number of thiophene rings is 1. The second kappa shape index (κ2) is 9.36. The van der Waals surface area contributed by atoms with Crippen molar-refractivity contribution >= 4 is 34.8 Å². The number of carbonyl (C=O) groups excluding carboxylic acids is 2. The number of nitrogens with one attached hydrogen (secondary N) is 1. The summed E-state index contributed by atoms with van der Waals surface area (Å²) in [7, 11) is 0. The Hall–Kier alpha value is -2.77. The fourth-order valence-corrected chi connectivity index (χ4v) is 4.75. The molecular formula is C22H21ClN4O2S. The molecule has 30 heavy (non-hydrogen) atoms. The third kappa shape index (κ3) is 4.68. The zero-order valence-electron chi connectivity index (χ0n) is 16.3. The summed E-state index contributed by atoms with van der Waals surface area (Å²) in [5, 5.41) is 3.27. The number of hydrogen-bond acceptors (Lipinski definition) is 5. The number of halogens is 1. The van der Waals surface area contributed by atoms with Crippen molar-refractivity contribution in [1.29, 1.82) is 0 Å². The third-order valence-corrected chi connectivity index (χ3v) is 6.56. The van der Waals surface area contributed by atoms with Gasteiger partial charge in [0.15, 0.2) is 0 Å². The molecule has 3 aromatic rings. The van der Waals surface area contributed by atoms with E-state index in [0.29, 0.717) is 23.7 Å². The summed E-state index contributed by atoms with van der Waals surface area (Å²) in [6.45, 7) is 1.87. The molecule has 154 valence electrons. The van der Waals surface area contributed by atoms with E-state index in [0.717, 1.165) is 34.7 Å². The minimum absolute atomic E-state index is 0.0448. The van der Waals surface area contributed by atoms with Gasteiger partial charge in [0.25, 0.3) is 11.8 Å². The molecule has 0 aliphatic carbocycles. The minimum atomic E-state index is -0.217. The number of amides is 2. The Morgan fingerprint density at radius 1 is 1.17 bits per heavy atom. The number of piperidine rings is 1. The van der Waals surface area contributed by atoms with Crippen LogP contribution >= 0.6 is 22.9 Å². The summed E-state index contributed by atoms with van der Waals surface area (Å²) in [5.41, 5.74) is 1.42. The lowest BCUT2D eigenvalue weighted by atomic mass is 9.97. The molecule has 0 aromatic carbocycles. The number of pyridine rings is 2. The van der Waals surface area contributed by atoms with Gasteiger partial charge in [-0.3, -0.25) is 19.6 Å². The average Bonchev–Trinajstić information content (AvgIpc) is 3.28. The van der Waals surface area contributed by atoms with Crippen molar-refractivity contribution in [2.24, 2.45) is 5.92 Å². The topological polar surface area (TPSA) is 75.2 Å². The molecule has 1 unspecified atom stereocenters. The van der Waals surface area contributed by atoms with E-state index in [1.807, 2.05) is 29.2 Å². The Labute approximate surface area is 183 Å². The molecule has 4 rings (SSSR count). The Balaban J connectivity index is 1.36. The van der Waals surface area contributed by atoms with Crippen molar-refractivity contribution < 1.29 is 9.59 Å². The molecule has 0 bridgehead atoms. The van der Waals surface area contributed by atoms with Crippen LogP contribution in [0.4, 0.5) is 0 Å². The van der Waals surface area contributed by atoms with Crippen LogP contribution in [-0.2, 0) is 0 Å². The van der Waals surface area contributed by atoms with Gasteiger partial charge in [0.1, 0.15) is 0 Å². The zero-order chi connectivity index (χ0) is 20.9. The van der Waals surface area contributed by atoms with Crippen molar-refractivity contribution in [3.05, 3.63) is 70.6 Å². The summed E-state index contributed by atoms with van der Waals surface area (Å²) in [6, 6.07) is 9.33. The molecule has 1 aliphatic rings. The van der Waals surface area contributed by atoms with Crippen LogP contribution in [-0.4, -0.2) is 46.3 Å². The maximum Gasteiger partial charge on any atom is 0.263 e. The largest absolute Gasteiger partial charge is 0.352 e. The highest BCUT2D eigenvalue weighted by molar-refractivity contribution is 7.17. The van der Waals surface area contributed by atoms with E-state index in [2.05, 4.69) is 15.3 Å². The Morgan fingerprint density at radius 2 is 2.03 bits per heavy atom. The molecule has 4 heterocycles. The monoisotopic (exact) mass is 440 g/mol. The smallest absolute Gasteiger partial charge is 0.263 e. The minimum Gasteiger partial charge on any atom is -0.352 e. The van der Waals surface area contributed by atoms with E-state index in [1.54, 1.807) is 24.7 Å². The number of nitrogens with zero attached hydrogens (tertiary/aromatic N) is 3. The van der Waals surface area contributed by atoms with Crippen LogP contribution in [0.5, 0.6) is 0 Å². The van der Waals surface area contributed by atoms with E-state index in [1.165, 1.54) is 17.5 Å². The van der Waals surface area contributed by atoms with E-state index in [9.17, 15) is 9.59 Å². The molecule has 1 saturated heterocycles. The second-order valence-electron chi connectivity index (χ2n) is 7.23. The van der Waals surface area contributed by atoms with Gasteiger partial charge in [-0.05, 0) is 43.0 Å². The van der Waals surface area contributed by atoms with E-state index >= 15 is 0 Å². The molecule has 3 aromatic heterocycles. The SMILES string of the molecule is O=C(NCC1CCCN(C(=O)c2ccc(-c3cccnc3)s2)C1)c1ccncc1Cl. The van der Waals surface area contributed by atoms with Gasteiger partial charge in [0.05, 0.1) is 15.5 Å². The summed E-state index contributed by atoms with van der Waals surface area (Å²) < 4.78 is 0. The second-order valence-corrected chi connectivity index (χ2v) is 8.72. The lowest BCUT2D eigenvalue weighted by Gasteiger charge is -2.32. The van der Waals surface area contributed by atoms with E-state index in [-0.39, 0.29) is 17.7 Å². The molecule has 8 heteroatoms. The maximum absolute atomic E-state index is 13.0. The molecule has 6 nitrogen and oxygen atoms in total. The third-order valence-electron chi connectivity index (χ3n) is 5.14. The van der Waals surface area contributed by atoms with Crippen LogP contribution in [0.2, 0.25) is 5.02 Å². The van der Waals surface area contributed by atoms with Crippen molar-refractivity contribution in [2.45, 2.75) is 12.8 Å². The number of rotatable bonds is 5. The highest BCUT2D eigenvalue weighted by Gasteiger charge is 2.26. The van der Waals surface area contributed by atoms with Crippen LogP contribution in [0.3, 0.4) is 0 Å². The lowest BCUT2D eigenvalue weighted by molar-refractivity contribution is 0.0675. The molecule has 2 amide bonds. The van der Waals surface area contributed by atoms with Gasteiger partial charge in [-0.2, -0.15) is 0 Å². The van der Waals surface area contributed by atoms with Gasteiger partial charge in [-0.15, -0.1) is 11.3 Å². The standard InChI is InChI=1S/C22H21ClN4O2S/c23-18-13-25-9-7-17(18)21(28)26-11-15-3-2-10-27(14-15)22(29)20-6-5-19(30-20)16-4-1-8-24-12-16/h1,4-9,12-13,15H,2-3,10-11,14H2,(H,26,28). The predicted molar refractivity (Wildman–Crippen MR) is 118 cm³/mol. The first-order chi connectivity index (χ1) is 14.6. The van der Waals surface area contributed by atoms with Crippen molar-refractivity contribution in [1.82, 2.24) is 20.2 Å². The first-order valence-electron chi connectivity index (χ1n) is 9.79. The zero-order valence-corrected chi connectivity index (χ0v) is 17.8. The molecule has 1 aliphatic heterocycles. The van der Waals surface area contributed by atoms with E-state index < -0.39 is 0 Å². The Bertz CT molecular complexity index is 1040. The summed E-state index contributed by atoms with van der Waals surface area (Å²) >= 11 is 7.53. The first kappa shape index (κ1) is 20.5. The van der Waals surface area contributed by atoms with Crippen LogP contribution in [0.15, 0.2) is 55.1 Å². The fraction of sp³-hybridized carbons (Fsp3) is 0.273. The van der Waals surface area contributed by atoms with E-state index in [4.69, 9.17) is 11.6 Å². The quantitative estimate of drug-likeness (QED) is 0.647. The van der Waals surface area contributed by atoms with Crippen molar-refractivity contribution in [3.8, 4) is 10.4 Å². The summed E-state index contributed by atoms with van der Waals surface area (Å²) in [6.07, 6.45) is 8.43. The van der Waals surface area contributed by atoms with Crippen LogP contribution < -0.4 is 5.32 Å². The molecular weight excluding hydrogens is 420 g/mol. The molecule has 1 N–H and O–H groups in total. The normalized spacial score (nSPS) is 16.3. The van der Waals surface area contributed by atoms with Gasteiger partial charge >= 0.3 is 0 Å². The van der Waals surface area contributed by atoms with Crippen LogP contribution in [0, 0.1) is 5.92 Å². The fourth-order valence-electron chi connectivity index (χ4n) is 3.58. The lowest BCUT2D eigenvalue weighted by Crippen LogP contribution is -2.43. The predicted octanol–water partition coefficient (Wildman–Crippen LogP) is 4.14. The van der Waals surface area contributed by atoms with Gasteiger partial charge in [-0.25, -0.2) is 0 Å². The molecule has 0 spiro atoms. The Morgan fingerprint density at radius 3 is 2.83 bits per heavy atom. The summed E-state index contributed by atoms with van der Waals surface area (Å²) in [4.78, 5) is 37.1. The highest BCUT2D eigenvalue weighted by Crippen LogP contribution is 2.29. The highest BCUT2D eigenvalue weighted by atomic mass is 35.5. The molecule has 1 atom stereocenters. The van der Waals surface area contributed by atoms with Gasteiger partial charge in [0.2, 0.25) is 0 Å². The van der Waals surface area contributed by atoms with Gasteiger partial charge < -0.3 is 10.2 Å². The van der Waals surface area contributed by atoms with Gasteiger partial charge in [0, 0.05) is 54.9 Å². The van der Waals surface area contributed by atoms with Crippen LogP contribution in [0.25, 0.3) is 10.4 Å². The first-order valence-corrected chi connectivity index (χ1v) is 11.0. The average molecular weight is 441 g/mol. The van der Waals surface area contributed by atoms with Gasteiger partial charge in [-0.1, -0.05) is 17.7 Å². The number of hydrogen-bond donors (Lipinski definition) is 1. The maximum atomic E-state index is 13.0. The Kier molecular flexibility index (Phi) is 6.40. The molecule has 1 fully saturated rings. The number of likely N-dealkylation sites (tertiary alicyclic amines) is 1.